The van der Waals surface area contributed by atoms with Gasteiger partial charge in [-0.3, -0.25) is 33.6 Å². The normalized spacial score (nSPS) is 32.6. The van der Waals surface area contributed by atoms with Crippen molar-refractivity contribution in [2.75, 3.05) is 13.2 Å². The number of esters is 8. The molecule has 2 saturated heterocycles. The molecule has 6 fully saturated rings. The number of furan rings is 2. The van der Waals surface area contributed by atoms with Crippen LogP contribution in [0.4, 0.5) is 9.59 Å². The summed E-state index contributed by atoms with van der Waals surface area (Å²) in [5, 5.41) is 56.5. The van der Waals surface area contributed by atoms with Crippen molar-refractivity contribution in [3.63, 3.8) is 0 Å². The molecule has 2 aromatic carbocycles. The van der Waals surface area contributed by atoms with Gasteiger partial charge in [0.05, 0.1) is 65.5 Å². The number of nitrogens with one attached hydrogen (secondary N) is 2. The monoisotopic (exact) mass is 1700 g/mol. The van der Waals surface area contributed by atoms with Crippen molar-refractivity contribution in [1.82, 2.24) is 10.6 Å². The molecule has 2 aliphatic heterocycles. The van der Waals surface area contributed by atoms with Gasteiger partial charge < -0.3 is 96.7 Å². The molecule has 4 heterocycles. The maximum atomic E-state index is 15.6. The van der Waals surface area contributed by atoms with Crippen LogP contribution in [0.2, 0.25) is 0 Å². The Labute approximate surface area is 707 Å². The molecule has 4 bridgehead atoms. The number of hydrogen-bond donors (Lipinski definition) is 6. The van der Waals surface area contributed by atoms with Crippen LogP contribution in [-0.2, 0) is 95.2 Å². The summed E-state index contributed by atoms with van der Waals surface area (Å²) in [7, 11) is 0. The van der Waals surface area contributed by atoms with Crippen molar-refractivity contribution in [1.29, 1.82) is 0 Å². The van der Waals surface area contributed by atoms with Crippen LogP contribution in [0.1, 0.15) is 221 Å². The molecule has 664 valence electrons. The van der Waals surface area contributed by atoms with Crippen molar-refractivity contribution < 1.29 is 144 Å². The zero-order valence-electron chi connectivity index (χ0n) is 72.5. The second kappa shape index (κ2) is 34.2. The largest absolute Gasteiger partial charge is 0.467 e. The minimum atomic E-state index is -2.41. The molecule has 32 heteroatoms. The molecule has 2 amide bonds. The topological polar surface area (TPSA) is 447 Å². The second-order valence-electron chi connectivity index (χ2n) is 36.7. The number of carbonyl (C=O) groups excluding carboxylic acids is 12. The van der Waals surface area contributed by atoms with Crippen LogP contribution < -0.4 is 10.6 Å². The Balaban J connectivity index is 0.000000238. The van der Waals surface area contributed by atoms with Gasteiger partial charge in [0.15, 0.2) is 23.1 Å². The average molecular weight is 1700 g/mol. The predicted molar refractivity (Wildman–Crippen MR) is 426 cm³/mol. The van der Waals surface area contributed by atoms with Crippen molar-refractivity contribution >= 4 is 71.5 Å². The highest BCUT2D eigenvalue weighted by Gasteiger charge is 2.81. The standard InChI is InChI=1S/C46H59NO14.C44H55NO16/c1-12-33(49)58-31-21-32-45(23-56-32,60-27(5)48)36-38(59-40(52)28-17-14-13-15-18-28)46(54)22-30(24(2)34(43(46,9)10)25(3)37(50)44(31,36)11)57-39(51)26(4)35(29-19-16-20-55-29)47-41(53)61-42(6,7)8;1-10-29(47)58-27-19-28-43(21-56-28,60-23(3)46)34-36(59-37(51)24-15-12-11-13-16-24)44(54)20-26(22(2)30(41(44,7)8)32(48)35(50)42(27,34)9)57-38(52)33(49)31(25-17-14-18-55-25)45-39(53)61-40(4,5)6/h13-20,25-26,30-32,35-36,38,54H,12,21-23H2,1-11H3,(H,47,53);11-18,26-28,31-34,36,48-49,54H,10,19-21H2,1-9H3,(H,45,53)/t25-,26-,30+,31?,32-,35-,36?,38+,44-,45+,46-;26-,27-,28+,31-,32+,33+,34?,36-,42+,43-,44+/m10/s1. The van der Waals surface area contributed by atoms with Gasteiger partial charge in [-0.25, -0.2) is 24.0 Å². The molecule has 2 aromatic heterocycles. The van der Waals surface area contributed by atoms with Crippen LogP contribution in [-0.4, -0.2) is 200 Å². The summed E-state index contributed by atoms with van der Waals surface area (Å²) < 4.78 is 83.4. The van der Waals surface area contributed by atoms with Crippen LogP contribution in [0.15, 0.2) is 129 Å². The fourth-order valence-electron chi connectivity index (χ4n) is 20.1. The summed E-state index contributed by atoms with van der Waals surface area (Å²) in [4.78, 5) is 166. The van der Waals surface area contributed by atoms with Gasteiger partial charge in [0.25, 0.3) is 0 Å². The number of carbonyl (C=O) groups is 12. The van der Waals surface area contributed by atoms with Crippen LogP contribution in [0.5, 0.6) is 0 Å². The number of alkyl carbamates (subject to hydrolysis) is 2. The van der Waals surface area contributed by atoms with Gasteiger partial charge in [-0.1, -0.05) is 84.9 Å². The Hall–Kier alpha value is -10.1. The molecule has 8 aliphatic rings. The third-order valence-electron chi connectivity index (χ3n) is 26.2. The van der Waals surface area contributed by atoms with Crippen molar-refractivity contribution in [2.45, 2.75) is 284 Å². The fourth-order valence-corrected chi connectivity index (χ4v) is 20.1. The number of Topliss-reactive ketones (excluding diaryl/α,β-unsaturated/α-hetero) is 2. The average Bonchev–Trinajstić information content (AvgIpc) is 0.775. The van der Waals surface area contributed by atoms with Crippen LogP contribution in [0.3, 0.4) is 0 Å². The molecule has 0 radical (unpaired) electrons. The van der Waals surface area contributed by atoms with Crippen molar-refractivity contribution in [2.24, 2.45) is 45.3 Å². The van der Waals surface area contributed by atoms with E-state index >= 15 is 9.59 Å². The molecular formula is C90H114N2O30. The first-order valence-electron chi connectivity index (χ1n) is 41.2. The van der Waals surface area contributed by atoms with E-state index in [1.165, 1.54) is 71.4 Å². The number of ether oxygens (including phenoxy) is 12. The SMILES string of the molecule is CCC(=O)OC1C[C@H]2OC[C@@]2(OC(C)=O)C2[C@H](OC(=O)c3ccccc3)[C@]3(O)C[C@H](OC(=O)[C@H](C)[C@@H](NC(=O)OC(C)(C)C)c4ccco4)C(C)=C([C@@H](C)C(=O)[C@]12C)C3(C)C.CCC(=O)O[C@H]1C[C@H]2OC[C@@]2(OC(C)=O)C2[C@H](OC(=O)c3ccccc3)[C@]3(O)C[C@H](OC(=O)[C@H](O)[C@@H](NC(=O)OC(C)(C)C)c4ccco4)C(C)=C([C@@H](O)C(=O)[C@@]21C)C3(C)C. The summed E-state index contributed by atoms with van der Waals surface area (Å²) in [6, 6.07) is 19.4. The third-order valence-corrected chi connectivity index (χ3v) is 26.2. The molecule has 6 N–H and O–H groups in total. The molecule has 0 spiro atoms. The highest BCUT2D eigenvalue weighted by Crippen LogP contribution is 2.68. The summed E-state index contributed by atoms with van der Waals surface area (Å²) in [5.74, 6) is -12.8. The number of aliphatic hydroxyl groups excluding tert-OH is 2. The van der Waals surface area contributed by atoms with Gasteiger partial charge in [0, 0.05) is 69.1 Å². The van der Waals surface area contributed by atoms with Gasteiger partial charge in [-0.2, -0.15) is 0 Å². The van der Waals surface area contributed by atoms with Crippen LogP contribution in [0, 0.1) is 45.3 Å². The van der Waals surface area contributed by atoms with Gasteiger partial charge in [0.1, 0.15) is 107 Å². The van der Waals surface area contributed by atoms with Gasteiger partial charge in [0.2, 0.25) is 0 Å². The maximum absolute atomic E-state index is 15.6. The Bertz CT molecular complexity index is 4440. The molecule has 122 heavy (non-hydrogen) atoms. The summed E-state index contributed by atoms with van der Waals surface area (Å²) in [6.45, 7) is 31.0. The molecule has 4 saturated carbocycles. The lowest BCUT2D eigenvalue weighted by molar-refractivity contribution is -0.346. The highest BCUT2D eigenvalue weighted by molar-refractivity contribution is 5.95. The number of amides is 2. The molecule has 4 aromatic rings. The molecule has 32 nitrogen and oxygen atoms in total. The van der Waals surface area contributed by atoms with E-state index in [4.69, 9.17) is 65.7 Å². The first kappa shape index (κ1) is 92.6. The molecular weight excluding hydrogens is 1590 g/mol. The number of fused-ring (bicyclic) bond motifs is 10. The van der Waals surface area contributed by atoms with E-state index in [1.54, 1.807) is 158 Å². The molecule has 22 atom stereocenters. The first-order valence-corrected chi connectivity index (χ1v) is 41.2. The minimum absolute atomic E-state index is 0.00516. The fraction of sp³-hybridized carbons (Fsp3) is 0.600. The predicted octanol–water partition coefficient (Wildman–Crippen LogP) is 10.2. The number of aliphatic hydroxyl groups is 4. The zero-order chi connectivity index (χ0) is 90.1. The summed E-state index contributed by atoms with van der Waals surface area (Å²) in [6.07, 6.45) is -15.2. The van der Waals surface area contributed by atoms with E-state index < -0.39 is 230 Å². The van der Waals surface area contributed by atoms with E-state index in [-0.39, 0.29) is 79.1 Å². The van der Waals surface area contributed by atoms with Crippen molar-refractivity contribution in [3.8, 4) is 0 Å². The molecule has 12 rings (SSSR count). The van der Waals surface area contributed by atoms with E-state index in [9.17, 15) is 68.4 Å². The zero-order valence-corrected chi connectivity index (χ0v) is 72.5. The van der Waals surface area contributed by atoms with E-state index in [1.807, 2.05) is 0 Å². The first-order chi connectivity index (χ1) is 56.8. The summed E-state index contributed by atoms with van der Waals surface area (Å²) in [5.41, 5.74) is -15.5. The van der Waals surface area contributed by atoms with Crippen LogP contribution >= 0.6 is 0 Å². The lowest BCUT2D eigenvalue weighted by Crippen LogP contribution is -2.82. The Morgan fingerprint density at radius 2 is 0.918 bits per heavy atom. The van der Waals surface area contributed by atoms with E-state index in [2.05, 4.69) is 10.6 Å². The van der Waals surface area contributed by atoms with Crippen molar-refractivity contribution in [3.05, 3.63) is 142 Å². The highest BCUT2D eigenvalue weighted by atomic mass is 16.7. The van der Waals surface area contributed by atoms with E-state index in [0.29, 0.717) is 11.1 Å². The molecule has 6 aliphatic carbocycles. The Kier molecular flexibility index (Phi) is 25.9. The van der Waals surface area contributed by atoms with E-state index in [0.717, 1.165) is 6.92 Å². The van der Waals surface area contributed by atoms with Gasteiger partial charge >= 0.3 is 59.9 Å². The number of rotatable bonds is 20. The third kappa shape index (κ3) is 16.6. The van der Waals surface area contributed by atoms with Gasteiger partial charge in [-0.15, -0.1) is 0 Å². The Morgan fingerprint density at radius 3 is 1.30 bits per heavy atom. The maximum Gasteiger partial charge on any atom is 0.408 e. The van der Waals surface area contributed by atoms with Crippen LogP contribution in [0.25, 0.3) is 0 Å². The number of hydrogen-bond acceptors (Lipinski definition) is 30. The lowest BCUT2D eigenvalue weighted by atomic mass is 9.43. The Morgan fingerprint density at radius 1 is 0.533 bits per heavy atom. The number of ketones is 2. The minimum Gasteiger partial charge on any atom is -0.467 e. The molecule has 3 unspecified atom stereocenters. The summed E-state index contributed by atoms with van der Waals surface area (Å²) >= 11 is 0. The smallest absolute Gasteiger partial charge is 0.408 e. The van der Waals surface area contributed by atoms with Gasteiger partial charge in [-0.05, 0) is 147 Å². The quantitative estimate of drug-likeness (QED) is 0.0272. The lowest BCUT2D eigenvalue weighted by Gasteiger charge is -2.67. The number of benzene rings is 2. The second-order valence-corrected chi connectivity index (χ2v) is 36.7.